The Balaban J connectivity index is 2.06. The van der Waals surface area contributed by atoms with Crippen LogP contribution in [-0.4, -0.2) is 10.8 Å². The second-order valence-corrected chi connectivity index (χ2v) is 5.01. The SMILES string of the molecule is N#Cc1ccccc1NC(=O)/C=C/c1ccc([N+](=O)[O-])s1. The summed E-state index contributed by atoms with van der Waals surface area (Å²) < 4.78 is 0. The molecule has 0 bridgehead atoms. The van der Waals surface area contributed by atoms with E-state index < -0.39 is 10.8 Å². The van der Waals surface area contributed by atoms with Gasteiger partial charge in [0, 0.05) is 17.0 Å². The summed E-state index contributed by atoms with van der Waals surface area (Å²) in [7, 11) is 0. The number of hydrogen-bond acceptors (Lipinski definition) is 5. The maximum atomic E-state index is 11.8. The van der Waals surface area contributed by atoms with Gasteiger partial charge in [-0.1, -0.05) is 23.5 Å². The van der Waals surface area contributed by atoms with E-state index in [0.717, 1.165) is 11.3 Å². The van der Waals surface area contributed by atoms with Gasteiger partial charge in [-0.15, -0.1) is 0 Å². The topological polar surface area (TPSA) is 96.0 Å². The van der Waals surface area contributed by atoms with Crippen LogP contribution in [0.3, 0.4) is 0 Å². The van der Waals surface area contributed by atoms with Crippen molar-refractivity contribution in [3.8, 4) is 6.07 Å². The minimum absolute atomic E-state index is 0.0184. The minimum atomic E-state index is -0.481. The summed E-state index contributed by atoms with van der Waals surface area (Å²) in [5, 5.41) is 22.1. The molecule has 0 aliphatic heterocycles. The second kappa shape index (κ2) is 6.45. The van der Waals surface area contributed by atoms with Gasteiger partial charge in [0.15, 0.2) is 0 Å². The molecule has 104 valence electrons. The van der Waals surface area contributed by atoms with Gasteiger partial charge in [-0.05, 0) is 24.3 Å². The van der Waals surface area contributed by atoms with Crippen molar-refractivity contribution in [2.24, 2.45) is 0 Å². The van der Waals surface area contributed by atoms with Crippen LogP contribution in [0.5, 0.6) is 0 Å². The van der Waals surface area contributed by atoms with Gasteiger partial charge in [0.1, 0.15) is 6.07 Å². The van der Waals surface area contributed by atoms with E-state index in [2.05, 4.69) is 5.32 Å². The van der Waals surface area contributed by atoms with E-state index in [1.54, 1.807) is 30.3 Å². The molecule has 0 unspecified atom stereocenters. The lowest BCUT2D eigenvalue weighted by molar-refractivity contribution is -0.380. The van der Waals surface area contributed by atoms with E-state index >= 15 is 0 Å². The average molecular weight is 299 g/mol. The first kappa shape index (κ1) is 14.4. The fourth-order valence-electron chi connectivity index (χ4n) is 1.55. The second-order valence-electron chi connectivity index (χ2n) is 3.91. The Labute approximate surface area is 124 Å². The van der Waals surface area contributed by atoms with Crippen LogP contribution < -0.4 is 5.32 Å². The standard InChI is InChI=1S/C14H9N3O3S/c15-9-10-3-1-2-4-12(10)16-13(18)7-5-11-6-8-14(21-11)17(19)20/h1-8H,(H,16,18)/b7-5+. The summed E-state index contributed by atoms with van der Waals surface area (Å²) in [6, 6.07) is 11.6. The lowest BCUT2D eigenvalue weighted by Crippen LogP contribution is -2.08. The molecule has 0 saturated heterocycles. The minimum Gasteiger partial charge on any atom is -0.321 e. The highest BCUT2D eigenvalue weighted by atomic mass is 32.1. The number of anilines is 1. The number of carbonyl (C=O) groups is 1. The molecule has 0 saturated carbocycles. The summed E-state index contributed by atoms with van der Waals surface area (Å²) in [6.45, 7) is 0. The third-order valence-electron chi connectivity index (χ3n) is 2.50. The molecule has 2 rings (SSSR count). The highest BCUT2D eigenvalue weighted by Gasteiger charge is 2.08. The van der Waals surface area contributed by atoms with Gasteiger partial charge >= 0.3 is 5.00 Å². The van der Waals surface area contributed by atoms with Crippen molar-refractivity contribution < 1.29 is 9.72 Å². The summed E-state index contributed by atoms with van der Waals surface area (Å²) >= 11 is 0.979. The number of amides is 1. The molecule has 0 atom stereocenters. The van der Waals surface area contributed by atoms with E-state index in [0.29, 0.717) is 16.1 Å². The van der Waals surface area contributed by atoms with Crippen molar-refractivity contribution in [1.82, 2.24) is 0 Å². The summed E-state index contributed by atoms with van der Waals surface area (Å²) in [6.07, 6.45) is 2.76. The first-order chi connectivity index (χ1) is 10.1. The zero-order valence-electron chi connectivity index (χ0n) is 10.6. The largest absolute Gasteiger partial charge is 0.324 e. The van der Waals surface area contributed by atoms with Gasteiger partial charge in [0.05, 0.1) is 16.2 Å². The third-order valence-corrected chi connectivity index (χ3v) is 3.50. The van der Waals surface area contributed by atoms with Crippen LogP contribution >= 0.6 is 11.3 Å². The number of nitro groups is 1. The maximum Gasteiger partial charge on any atom is 0.324 e. The number of nitriles is 1. The Morgan fingerprint density at radius 2 is 2.10 bits per heavy atom. The Bertz CT molecular complexity index is 759. The molecule has 1 aromatic carbocycles. The van der Waals surface area contributed by atoms with Crippen molar-refractivity contribution in [3.63, 3.8) is 0 Å². The van der Waals surface area contributed by atoms with Crippen molar-refractivity contribution in [2.45, 2.75) is 0 Å². The lowest BCUT2D eigenvalue weighted by atomic mass is 10.2. The van der Waals surface area contributed by atoms with Gasteiger partial charge in [0.25, 0.3) is 0 Å². The van der Waals surface area contributed by atoms with Crippen LogP contribution in [0.4, 0.5) is 10.7 Å². The zero-order chi connectivity index (χ0) is 15.2. The van der Waals surface area contributed by atoms with Crippen molar-refractivity contribution in [3.05, 3.63) is 63.0 Å². The first-order valence-corrected chi connectivity index (χ1v) is 6.64. The molecule has 0 fully saturated rings. The number of nitrogens with zero attached hydrogens (tertiary/aromatic N) is 2. The molecule has 21 heavy (non-hydrogen) atoms. The van der Waals surface area contributed by atoms with E-state index in [4.69, 9.17) is 5.26 Å². The molecule has 0 aliphatic rings. The van der Waals surface area contributed by atoms with Gasteiger partial charge in [-0.3, -0.25) is 14.9 Å². The van der Waals surface area contributed by atoms with Crippen LogP contribution in [0.25, 0.3) is 6.08 Å². The Kier molecular flexibility index (Phi) is 4.43. The number of nitrogens with one attached hydrogen (secondary N) is 1. The van der Waals surface area contributed by atoms with Gasteiger partial charge in [-0.2, -0.15) is 5.26 Å². The molecular weight excluding hydrogens is 290 g/mol. The third kappa shape index (κ3) is 3.75. The van der Waals surface area contributed by atoms with Crippen LogP contribution in [0.1, 0.15) is 10.4 Å². The Hall–Kier alpha value is -2.98. The highest BCUT2D eigenvalue weighted by molar-refractivity contribution is 7.16. The monoisotopic (exact) mass is 299 g/mol. The molecular formula is C14H9N3O3S. The summed E-state index contributed by atoms with van der Waals surface area (Å²) in [5.41, 5.74) is 0.790. The van der Waals surface area contributed by atoms with Crippen LogP contribution in [0.2, 0.25) is 0 Å². The molecule has 1 heterocycles. The van der Waals surface area contributed by atoms with E-state index in [1.807, 2.05) is 6.07 Å². The number of thiophene rings is 1. The van der Waals surface area contributed by atoms with E-state index in [1.165, 1.54) is 18.2 Å². The Morgan fingerprint density at radius 3 is 2.76 bits per heavy atom. The molecule has 1 N–H and O–H groups in total. The molecule has 2 aromatic rings. The van der Waals surface area contributed by atoms with E-state index in [9.17, 15) is 14.9 Å². The number of benzene rings is 1. The van der Waals surface area contributed by atoms with E-state index in [-0.39, 0.29) is 5.00 Å². The number of rotatable bonds is 4. The van der Waals surface area contributed by atoms with Gasteiger partial charge in [0.2, 0.25) is 5.91 Å². The molecule has 0 aliphatic carbocycles. The summed E-state index contributed by atoms with van der Waals surface area (Å²) in [5.74, 6) is -0.409. The highest BCUT2D eigenvalue weighted by Crippen LogP contribution is 2.24. The molecule has 7 heteroatoms. The van der Waals surface area contributed by atoms with Crippen LogP contribution in [-0.2, 0) is 4.79 Å². The van der Waals surface area contributed by atoms with Crippen molar-refractivity contribution >= 4 is 34.0 Å². The molecule has 1 amide bonds. The van der Waals surface area contributed by atoms with Crippen molar-refractivity contribution in [1.29, 1.82) is 5.26 Å². The fourth-order valence-corrected chi connectivity index (χ4v) is 2.28. The quantitative estimate of drug-likeness (QED) is 0.532. The summed E-state index contributed by atoms with van der Waals surface area (Å²) in [4.78, 5) is 22.4. The number of para-hydroxylation sites is 1. The van der Waals surface area contributed by atoms with Crippen LogP contribution in [0.15, 0.2) is 42.5 Å². The molecule has 6 nitrogen and oxygen atoms in total. The fraction of sp³-hybridized carbons (Fsp3) is 0. The maximum absolute atomic E-state index is 11.8. The predicted molar refractivity (Wildman–Crippen MR) is 79.8 cm³/mol. The first-order valence-electron chi connectivity index (χ1n) is 5.82. The molecule has 0 radical (unpaired) electrons. The number of carbonyl (C=O) groups excluding carboxylic acids is 1. The average Bonchev–Trinajstić information content (AvgIpc) is 2.95. The number of hydrogen-bond donors (Lipinski definition) is 1. The van der Waals surface area contributed by atoms with Crippen molar-refractivity contribution in [2.75, 3.05) is 5.32 Å². The predicted octanol–water partition coefficient (Wildman–Crippen LogP) is 3.18. The van der Waals surface area contributed by atoms with Gasteiger partial charge in [-0.25, -0.2) is 0 Å². The Morgan fingerprint density at radius 1 is 1.33 bits per heavy atom. The molecule has 0 spiro atoms. The van der Waals surface area contributed by atoms with Gasteiger partial charge < -0.3 is 5.32 Å². The normalized spacial score (nSPS) is 10.2. The van der Waals surface area contributed by atoms with Crippen LogP contribution in [0, 0.1) is 21.4 Å². The lowest BCUT2D eigenvalue weighted by Gasteiger charge is -2.03. The zero-order valence-corrected chi connectivity index (χ0v) is 11.5. The smallest absolute Gasteiger partial charge is 0.321 e. The molecule has 1 aromatic heterocycles.